The van der Waals surface area contributed by atoms with Gasteiger partial charge in [0.2, 0.25) is 0 Å². The summed E-state index contributed by atoms with van der Waals surface area (Å²) in [4.78, 5) is 29.6. The van der Waals surface area contributed by atoms with Gasteiger partial charge in [0.05, 0.1) is 1.37 Å². The van der Waals surface area contributed by atoms with Crippen molar-refractivity contribution in [2.45, 2.75) is 18.9 Å². The van der Waals surface area contributed by atoms with E-state index in [1.54, 1.807) is 12.1 Å². The van der Waals surface area contributed by atoms with E-state index in [0.29, 0.717) is 0 Å². The third kappa shape index (κ3) is 3.45. The van der Waals surface area contributed by atoms with Crippen LogP contribution in [0.5, 0.6) is 0 Å². The smallest absolute Gasteiger partial charge is 0.416 e. The molecule has 1 N–H and O–H groups in total. The Hall–Kier alpha value is -3.67. The van der Waals surface area contributed by atoms with Crippen molar-refractivity contribution in [3.8, 4) is 11.1 Å². The van der Waals surface area contributed by atoms with Gasteiger partial charge in [-0.05, 0) is 41.3 Å². The Morgan fingerprint density at radius 3 is 2.21 bits per heavy atom. The van der Waals surface area contributed by atoms with Crippen LogP contribution >= 0.6 is 0 Å². The number of anilines is 1. The number of amides is 1. The molecule has 6 nitrogen and oxygen atoms in total. The third-order valence-corrected chi connectivity index (χ3v) is 5.02. The van der Waals surface area contributed by atoms with E-state index < -0.39 is 30.6 Å². The first-order chi connectivity index (χ1) is 14.5. The minimum Gasteiger partial charge on any atom is -0.480 e. The summed E-state index contributed by atoms with van der Waals surface area (Å²) < 4.78 is 14.1. The molecule has 2 aromatic carbocycles. The van der Waals surface area contributed by atoms with Crippen molar-refractivity contribution in [3.63, 3.8) is 0 Å². The van der Waals surface area contributed by atoms with Crippen LogP contribution in [0.1, 0.15) is 25.3 Å². The second kappa shape index (κ2) is 7.75. The number of rotatable bonds is 5. The number of nitrogens with zero attached hydrogens (tertiary/aromatic N) is 2. The lowest BCUT2D eigenvalue weighted by Gasteiger charge is -2.25. The Kier molecular flexibility index (Phi) is 4.66. The summed E-state index contributed by atoms with van der Waals surface area (Å²) in [5, 5.41) is 9.44. The van der Waals surface area contributed by atoms with Gasteiger partial charge in [0.1, 0.15) is 18.4 Å². The van der Waals surface area contributed by atoms with E-state index in [9.17, 15) is 14.7 Å². The molecule has 0 spiro atoms. The van der Waals surface area contributed by atoms with Gasteiger partial charge in [-0.1, -0.05) is 54.6 Å². The molecule has 3 aromatic rings. The molecule has 146 valence electrons. The summed E-state index contributed by atoms with van der Waals surface area (Å²) in [6.45, 7) is 0.117. The zero-order valence-electron chi connectivity index (χ0n) is 16.7. The summed E-state index contributed by atoms with van der Waals surface area (Å²) in [7, 11) is 0. The monoisotopic (exact) mass is 389 g/mol. The maximum atomic E-state index is 13.0. The maximum absolute atomic E-state index is 13.0. The number of aliphatic carboxylic acids is 1. The lowest BCUT2D eigenvalue weighted by atomic mass is 9.98. The van der Waals surface area contributed by atoms with Gasteiger partial charge in [-0.3, -0.25) is 0 Å². The second-order valence-corrected chi connectivity index (χ2v) is 6.74. The number of hydrogen-bond donors (Lipinski definition) is 1. The molecule has 1 unspecified atom stereocenters. The van der Waals surface area contributed by atoms with Gasteiger partial charge < -0.3 is 9.84 Å². The van der Waals surface area contributed by atoms with E-state index in [0.717, 1.165) is 27.2 Å². The number of fused-ring (bicyclic) bond motifs is 3. The molecule has 4 rings (SSSR count). The highest BCUT2D eigenvalue weighted by molar-refractivity contribution is 5.94. The number of carbonyl (C=O) groups is 2. The van der Waals surface area contributed by atoms with Gasteiger partial charge >= 0.3 is 12.1 Å². The van der Waals surface area contributed by atoms with Crippen LogP contribution in [0.2, 0.25) is 0 Å². The Morgan fingerprint density at radius 2 is 1.66 bits per heavy atom. The number of aromatic nitrogens is 1. The second-order valence-electron chi connectivity index (χ2n) is 6.74. The van der Waals surface area contributed by atoms with E-state index >= 15 is 0 Å². The molecule has 2 atom stereocenters. The molecule has 1 aliphatic carbocycles. The van der Waals surface area contributed by atoms with Gasteiger partial charge in [-0.2, -0.15) is 0 Å². The third-order valence-electron chi connectivity index (χ3n) is 5.02. The fourth-order valence-corrected chi connectivity index (χ4v) is 3.58. The Bertz CT molecular complexity index is 1040. The molecule has 1 amide bonds. The van der Waals surface area contributed by atoms with Crippen molar-refractivity contribution < 1.29 is 20.8 Å². The zero-order chi connectivity index (χ0) is 21.3. The van der Waals surface area contributed by atoms with Crippen LogP contribution in [0.4, 0.5) is 10.6 Å². The standard InChI is InChI=1S/C23H20N2O4/c1-15(22(26)27)25(21-12-6-7-13-24-21)23(28)29-14-20-18-10-4-2-8-16(18)17-9-3-5-11-19(17)20/h2-13,15,20H,14H2,1H3,(H,26,27)/t15-/m0/s1/i14D/t14?,15-. The average molecular weight is 389 g/mol. The first-order valence-electron chi connectivity index (χ1n) is 9.81. The first kappa shape index (κ1) is 17.4. The molecule has 6 heteroatoms. The van der Waals surface area contributed by atoms with Gasteiger partial charge in [-0.25, -0.2) is 19.5 Å². The Morgan fingerprint density at radius 1 is 1.07 bits per heavy atom. The quantitative estimate of drug-likeness (QED) is 0.703. The fraction of sp³-hybridized carbons (Fsp3) is 0.174. The molecular formula is C23H20N2O4. The van der Waals surface area contributed by atoms with Crippen LogP contribution in [0.25, 0.3) is 11.1 Å². The molecule has 0 bridgehead atoms. The van der Waals surface area contributed by atoms with Gasteiger partial charge in [0, 0.05) is 12.1 Å². The lowest BCUT2D eigenvalue weighted by Crippen LogP contribution is -2.44. The van der Waals surface area contributed by atoms with E-state index in [2.05, 4.69) is 4.98 Å². The summed E-state index contributed by atoms with van der Waals surface area (Å²) in [5.41, 5.74) is 3.82. The molecule has 1 aromatic heterocycles. The van der Waals surface area contributed by atoms with E-state index in [4.69, 9.17) is 6.11 Å². The Labute approximate surface area is 169 Å². The number of benzene rings is 2. The number of ether oxygens (including phenoxy) is 1. The van der Waals surface area contributed by atoms with Crippen molar-refractivity contribution in [1.82, 2.24) is 4.98 Å². The lowest BCUT2D eigenvalue weighted by molar-refractivity contribution is -0.138. The van der Waals surface area contributed by atoms with Crippen molar-refractivity contribution >= 4 is 17.9 Å². The van der Waals surface area contributed by atoms with Crippen LogP contribution in [0.15, 0.2) is 72.9 Å². The summed E-state index contributed by atoms with van der Waals surface area (Å²) in [6.07, 6.45) is 0.539. The molecule has 29 heavy (non-hydrogen) atoms. The van der Waals surface area contributed by atoms with Crippen LogP contribution in [-0.4, -0.2) is 34.8 Å². The molecule has 0 radical (unpaired) electrons. The Balaban J connectivity index is 1.65. The van der Waals surface area contributed by atoms with Crippen molar-refractivity contribution in [2.75, 3.05) is 11.5 Å². The summed E-state index contributed by atoms with van der Waals surface area (Å²) >= 11 is 0. The zero-order valence-corrected chi connectivity index (χ0v) is 15.7. The van der Waals surface area contributed by atoms with Crippen molar-refractivity contribution in [3.05, 3.63) is 84.1 Å². The summed E-state index contributed by atoms with van der Waals surface area (Å²) in [5.74, 6) is -1.51. The van der Waals surface area contributed by atoms with Gasteiger partial charge in [-0.15, -0.1) is 0 Å². The van der Waals surface area contributed by atoms with E-state index in [1.807, 2.05) is 48.5 Å². The largest absolute Gasteiger partial charge is 0.480 e. The molecule has 1 aliphatic rings. The topological polar surface area (TPSA) is 79.7 Å². The SMILES string of the molecule is [2H]C(OC(=O)N(c1ccccn1)[C@@H](C)C(=O)O)C1c2ccccc2-c2ccccc21. The minimum atomic E-state index is -1.26. The van der Waals surface area contributed by atoms with Crippen molar-refractivity contribution in [2.24, 2.45) is 0 Å². The highest BCUT2D eigenvalue weighted by atomic mass is 16.6. The number of pyridine rings is 1. The molecule has 0 saturated carbocycles. The molecular weight excluding hydrogens is 368 g/mol. The van der Waals surface area contributed by atoms with Gasteiger partial charge in [0.15, 0.2) is 0 Å². The molecule has 1 heterocycles. The number of hydrogen-bond acceptors (Lipinski definition) is 4. The molecule has 0 fully saturated rings. The first-order valence-corrected chi connectivity index (χ1v) is 9.23. The number of carbonyl (C=O) groups excluding carboxylic acids is 1. The molecule has 0 saturated heterocycles. The normalized spacial score (nSPS) is 14.9. The van der Waals surface area contributed by atoms with Crippen LogP contribution in [-0.2, 0) is 9.53 Å². The molecule has 0 aliphatic heterocycles. The van der Waals surface area contributed by atoms with E-state index in [1.165, 1.54) is 19.2 Å². The average Bonchev–Trinajstić information content (AvgIpc) is 3.09. The minimum absolute atomic E-state index is 0.150. The predicted molar refractivity (Wildman–Crippen MR) is 109 cm³/mol. The predicted octanol–water partition coefficient (Wildman–Crippen LogP) is 4.31. The maximum Gasteiger partial charge on any atom is 0.416 e. The number of carboxylic acids is 1. The highest BCUT2D eigenvalue weighted by Gasteiger charge is 2.33. The highest BCUT2D eigenvalue weighted by Crippen LogP contribution is 2.44. The summed E-state index contributed by atoms with van der Waals surface area (Å²) in [6, 6.07) is 19.1. The fourth-order valence-electron chi connectivity index (χ4n) is 3.58. The van der Waals surface area contributed by atoms with Crippen molar-refractivity contribution in [1.29, 1.82) is 0 Å². The number of carboxylic acid groups (broad SMARTS) is 1. The van der Waals surface area contributed by atoms with Crippen LogP contribution in [0, 0.1) is 0 Å². The van der Waals surface area contributed by atoms with Crippen LogP contribution < -0.4 is 4.90 Å². The van der Waals surface area contributed by atoms with Gasteiger partial charge in [0.25, 0.3) is 0 Å². The van der Waals surface area contributed by atoms with E-state index in [-0.39, 0.29) is 5.82 Å². The van der Waals surface area contributed by atoms with Crippen LogP contribution in [0.3, 0.4) is 0 Å².